The molecule has 22 heavy (non-hydrogen) atoms. The Kier molecular flexibility index (Phi) is 3.94. The van der Waals surface area contributed by atoms with E-state index in [9.17, 15) is 4.79 Å². The van der Waals surface area contributed by atoms with Crippen molar-refractivity contribution in [2.24, 2.45) is 0 Å². The monoisotopic (exact) mass is 294 g/mol. The van der Waals surface area contributed by atoms with Crippen LogP contribution >= 0.6 is 0 Å². The van der Waals surface area contributed by atoms with Gasteiger partial charge in [-0.05, 0) is 36.8 Å². The van der Waals surface area contributed by atoms with E-state index < -0.39 is 0 Å². The highest BCUT2D eigenvalue weighted by Gasteiger charge is 2.08. The number of hydrogen-bond acceptors (Lipinski definition) is 2. The molecule has 0 radical (unpaired) electrons. The van der Waals surface area contributed by atoms with E-state index in [1.807, 2.05) is 6.07 Å². The van der Waals surface area contributed by atoms with Gasteiger partial charge in [0.2, 0.25) is 0 Å². The summed E-state index contributed by atoms with van der Waals surface area (Å²) in [6.07, 6.45) is 3.25. The van der Waals surface area contributed by atoms with Gasteiger partial charge in [0.05, 0.1) is 7.11 Å². The molecule has 1 aromatic heterocycles. The van der Waals surface area contributed by atoms with Crippen molar-refractivity contribution in [2.45, 2.75) is 13.5 Å². The number of amides is 1. The summed E-state index contributed by atoms with van der Waals surface area (Å²) >= 11 is 0. The molecule has 0 aliphatic heterocycles. The van der Waals surface area contributed by atoms with Gasteiger partial charge in [-0.2, -0.15) is 0 Å². The van der Waals surface area contributed by atoms with Crippen molar-refractivity contribution in [3.05, 3.63) is 54.1 Å². The van der Waals surface area contributed by atoms with E-state index in [0.717, 1.165) is 12.1 Å². The SMILES string of the molecule is CCn1c2ccccc2c2cc(/C=C/C(=O)NOC)ccc21. The number of nitrogens with zero attached hydrogens (tertiary/aromatic N) is 1. The first-order valence-electron chi connectivity index (χ1n) is 7.26. The van der Waals surface area contributed by atoms with Crippen molar-refractivity contribution in [1.29, 1.82) is 0 Å². The number of benzene rings is 2. The smallest absolute Gasteiger partial charge is 0.267 e. The van der Waals surface area contributed by atoms with Crippen LogP contribution in [0.4, 0.5) is 0 Å². The van der Waals surface area contributed by atoms with Crippen LogP contribution in [0.2, 0.25) is 0 Å². The van der Waals surface area contributed by atoms with Gasteiger partial charge in [-0.15, -0.1) is 0 Å². The molecule has 0 bridgehead atoms. The van der Waals surface area contributed by atoms with Gasteiger partial charge in [0.1, 0.15) is 0 Å². The molecule has 0 saturated carbocycles. The van der Waals surface area contributed by atoms with Crippen LogP contribution in [0.5, 0.6) is 0 Å². The molecule has 0 unspecified atom stereocenters. The van der Waals surface area contributed by atoms with E-state index >= 15 is 0 Å². The summed E-state index contributed by atoms with van der Waals surface area (Å²) in [5.74, 6) is -0.279. The summed E-state index contributed by atoms with van der Waals surface area (Å²) in [7, 11) is 1.41. The lowest BCUT2D eigenvalue weighted by Crippen LogP contribution is -2.18. The van der Waals surface area contributed by atoms with Crippen LogP contribution in [0.15, 0.2) is 48.5 Å². The summed E-state index contributed by atoms with van der Waals surface area (Å²) in [4.78, 5) is 16.0. The second kappa shape index (κ2) is 6.03. The Morgan fingerprint density at radius 1 is 1.18 bits per heavy atom. The van der Waals surface area contributed by atoms with Gasteiger partial charge in [-0.25, -0.2) is 5.48 Å². The van der Waals surface area contributed by atoms with E-state index in [4.69, 9.17) is 0 Å². The maximum atomic E-state index is 11.4. The Morgan fingerprint density at radius 3 is 2.73 bits per heavy atom. The Balaban J connectivity index is 2.10. The summed E-state index contributed by atoms with van der Waals surface area (Å²) in [5.41, 5.74) is 5.69. The molecule has 0 spiro atoms. The van der Waals surface area contributed by atoms with E-state index in [1.165, 1.54) is 35.0 Å². The normalized spacial score (nSPS) is 11.5. The lowest BCUT2D eigenvalue weighted by atomic mass is 10.1. The lowest BCUT2D eigenvalue weighted by molar-refractivity contribution is -0.126. The van der Waals surface area contributed by atoms with Crippen molar-refractivity contribution < 1.29 is 9.63 Å². The molecule has 4 nitrogen and oxygen atoms in total. The number of hydroxylamine groups is 1. The second-order valence-corrected chi connectivity index (χ2v) is 5.04. The van der Waals surface area contributed by atoms with Gasteiger partial charge < -0.3 is 4.57 Å². The molecule has 3 aromatic rings. The molecule has 0 saturated heterocycles. The van der Waals surface area contributed by atoms with Gasteiger partial charge in [-0.3, -0.25) is 9.63 Å². The predicted molar refractivity (Wildman–Crippen MR) is 89.3 cm³/mol. The highest BCUT2D eigenvalue weighted by atomic mass is 16.6. The van der Waals surface area contributed by atoms with Crippen molar-refractivity contribution in [3.8, 4) is 0 Å². The first-order valence-corrected chi connectivity index (χ1v) is 7.26. The Morgan fingerprint density at radius 2 is 1.95 bits per heavy atom. The molecule has 0 fully saturated rings. The zero-order valence-electron chi connectivity index (χ0n) is 12.7. The lowest BCUT2D eigenvalue weighted by Gasteiger charge is -2.02. The van der Waals surface area contributed by atoms with Crippen molar-refractivity contribution in [1.82, 2.24) is 10.0 Å². The van der Waals surface area contributed by atoms with Gasteiger partial charge >= 0.3 is 0 Å². The van der Waals surface area contributed by atoms with Gasteiger partial charge in [0.15, 0.2) is 0 Å². The van der Waals surface area contributed by atoms with Crippen LogP contribution in [0.3, 0.4) is 0 Å². The van der Waals surface area contributed by atoms with E-state index in [-0.39, 0.29) is 5.91 Å². The number of aromatic nitrogens is 1. The fourth-order valence-corrected chi connectivity index (χ4v) is 2.82. The Hall–Kier alpha value is -2.59. The Bertz CT molecular complexity index is 862. The molecule has 1 heterocycles. The maximum Gasteiger partial charge on any atom is 0.267 e. The average molecular weight is 294 g/mol. The summed E-state index contributed by atoms with van der Waals surface area (Å²) in [6, 6.07) is 14.6. The molecule has 2 aromatic carbocycles. The molecular formula is C18H18N2O2. The third-order valence-corrected chi connectivity index (χ3v) is 3.74. The van der Waals surface area contributed by atoms with E-state index in [1.54, 1.807) is 6.08 Å². The van der Waals surface area contributed by atoms with Crippen LogP contribution in [0.1, 0.15) is 12.5 Å². The van der Waals surface area contributed by atoms with Crippen LogP contribution in [0, 0.1) is 0 Å². The first kappa shape index (κ1) is 14.4. The average Bonchev–Trinajstić information content (AvgIpc) is 2.86. The van der Waals surface area contributed by atoms with Crippen molar-refractivity contribution in [3.63, 3.8) is 0 Å². The topological polar surface area (TPSA) is 43.3 Å². The predicted octanol–water partition coefficient (Wildman–Crippen LogP) is 3.51. The third-order valence-electron chi connectivity index (χ3n) is 3.74. The molecule has 3 rings (SSSR count). The van der Waals surface area contributed by atoms with Crippen LogP contribution in [-0.2, 0) is 16.2 Å². The standard InChI is InChI=1S/C18H18N2O2/c1-3-20-16-7-5-4-6-14(16)15-12-13(8-10-17(15)20)9-11-18(21)19-22-2/h4-12H,3H2,1-2H3,(H,19,21)/b11-9+. The largest absolute Gasteiger partial charge is 0.341 e. The van der Waals surface area contributed by atoms with E-state index in [0.29, 0.717) is 0 Å². The molecule has 1 N–H and O–H groups in total. The molecule has 4 heteroatoms. The third kappa shape index (κ3) is 2.49. The molecule has 0 atom stereocenters. The number of hydrogen-bond donors (Lipinski definition) is 1. The minimum atomic E-state index is -0.279. The molecular weight excluding hydrogens is 276 g/mol. The second-order valence-electron chi connectivity index (χ2n) is 5.04. The number of carbonyl (C=O) groups excluding carboxylic acids is 1. The van der Waals surface area contributed by atoms with Crippen molar-refractivity contribution >= 4 is 33.8 Å². The van der Waals surface area contributed by atoms with Crippen LogP contribution in [-0.4, -0.2) is 17.6 Å². The number of fused-ring (bicyclic) bond motifs is 3. The fourth-order valence-electron chi connectivity index (χ4n) is 2.82. The van der Waals surface area contributed by atoms with Crippen LogP contribution in [0.25, 0.3) is 27.9 Å². The Labute approximate surface area is 128 Å². The fraction of sp³-hybridized carbons (Fsp3) is 0.167. The zero-order valence-corrected chi connectivity index (χ0v) is 12.7. The van der Waals surface area contributed by atoms with Crippen molar-refractivity contribution in [2.75, 3.05) is 7.11 Å². The summed E-state index contributed by atoms with van der Waals surface area (Å²) in [5, 5.41) is 2.43. The number of carbonyl (C=O) groups is 1. The molecule has 0 aliphatic carbocycles. The zero-order chi connectivity index (χ0) is 15.5. The number of rotatable bonds is 4. The van der Waals surface area contributed by atoms with Gasteiger partial charge in [-0.1, -0.05) is 24.3 Å². The van der Waals surface area contributed by atoms with Gasteiger partial charge in [0, 0.05) is 34.4 Å². The molecule has 0 aliphatic rings. The van der Waals surface area contributed by atoms with E-state index in [2.05, 4.69) is 58.2 Å². The first-order chi connectivity index (χ1) is 10.7. The molecule has 1 amide bonds. The minimum absolute atomic E-state index is 0.279. The highest BCUT2D eigenvalue weighted by molar-refractivity contribution is 6.08. The quantitative estimate of drug-likeness (QED) is 0.591. The highest BCUT2D eigenvalue weighted by Crippen LogP contribution is 2.29. The summed E-state index contributed by atoms with van der Waals surface area (Å²) < 4.78 is 2.30. The summed E-state index contributed by atoms with van der Waals surface area (Å²) in [6.45, 7) is 3.07. The molecule has 112 valence electrons. The number of para-hydroxylation sites is 1. The maximum absolute atomic E-state index is 11.4. The number of nitrogens with one attached hydrogen (secondary N) is 1. The number of aryl methyl sites for hydroxylation is 1. The van der Waals surface area contributed by atoms with Crippen LogP contribution < -0.4 is 5.48 Å². The minimum Gasteiger partial charge on any atom is -0.341 e. The van der Waals surface area contributed by atoms with Gasteiger partial charge in [0.25, 0.3) is 5.91 Å².